The molecule has 0 radical (unpaired) electrons. The van der Waals surface area contributed by atoms with Crippen LogP contribution in [0.3, 0.4) is 0 Å². The molecule has 0 aromatic heterocycles. The maximum Gasteiger partial charge on any atom is 0.521 e. The van der Waals surface area contributed by atoms with Crippen LogP contribution in [0.4, 0.5) is 9.18 Å². The molecule has 5 nitrogen and oxygen atoms in total. The standard InChI is InChI=1S/C17H20FNO4/c1-11(9-15(20)13-6-3-7-14(18)10-13)16(21)19(17(22)23)8-4-5-12(19)2/h3,6-7,10-12H,4-5,8-9H2,1-2H3/p+1/t11?,12?,19-/m0/s1. The average molecular weight is 322 g/mol. The Kier molecular flexibility index (Phi) is 4.94. The van der Waals surface area contributed by atoms with Crippen LogP contribution in [0, 0.1) is 11.7 Å². The van der Waals surface area contributed by atoms with Gasteiger partial charge in [0, 0.05) is 24.8 Å². The lowest BCUT2D eigenvalue weighted by molar-refractivity contribution is -0.794. The van der Waals surface area contributed by atoms with Crippen molar-refractivity contribution in [2.75, 3.05) is 6.54 Å². The molecule has 1 aliphatic rings. The number of likely N-dealkylation sites (tertiary alicyclic amines) is 1. The van der Waals surface area contributed by atoms with Crippen LogP contribution in [0.25, 0.3) is 0 Å². The van der Waals surface area contributed by atoms with Crippen molar-refractivity contribution in [3.63, 3.8) is 0 Å². The Morgan fingerprint density at radius 1 is 1.39 bits per heavy atom. The average Bonchev–Trinajstić information content (AvgIpc) is 2.89. The molecule has 23 heavy (non-hydrogen) atoms. The summed E-state index contributed by atoms with van der Waals surface area (Å²) in [4.78, 5) is 36.6. The van der Waals surface area contributed by atoms with Gasteiger partial charge in [0.05, 0.1) is 12.5 Å². The lowest BCUT2D eigenvalue weighted by atomic mass is 9.97. The number of carbonyl (C=O) groups excluding carboxylic acids is 2. The highest BCUT2D eigenvalue weighted by molar-refractivity contribution is 5.98. The van der Waals surface area contributed by atoms with Crippen molar-refractivity contribution in [1.29, 1.82) is 0 Å². The number of quaternary nitrogens is 1. The smallest absolute Gasteiger partial charge is 0.435 e. The summed E-state index contributed by atoms with van der Waals surface area (Å²) in [6.45, 7) is 3.57. The maximum absolute atomic E-state index is 13.2. The fourth-order valence-electron chi connectivity index (χ4n) is 3.32. The van der Waals surface area contributed by atoms with Crippen molar-refractivity contribution >= 4 is 17.8 Å². The molecule has 124 valence electrons. The van der Waals surface area contributed by atoms with E-state index in [1.165, 1.54) is 18.2 Å². The minimum absolute atomic E-state index is 0.123. The van der Waals surface area contributed by atoms with Gasteiger partial charge in [-0.05, 0) is 26.0 Å². The Balaban J connectivity index is 2.16. The molecule has 6 heteroatoms. The monoisotopic (exact) mass is 322 g/mol. The van der Waals surface area contributed by atoms with E-state index in [-0.39, 0.29) is 30.4 Å². The number of carboxylic acid groups (broad SMARTS) is 1. The molecule has 2 unspecified atom stereocenters. The first-order chi connectivity index (χ1) is 10.8. The molecule has 1 aliphatic heterocycles. The molecule has 0 spiro atoms. The summed E-state index contributed by atoms with van der Waals surface area (Å²) in [5.74, 6) is -2.06. The first-order valence-electron chi connectivity index (χ1n) is 7.73. The summed E-state index contributed by atoms with van der Waals surface area (Å²) in [5, 5.41) is 9.56. The van der Waals surface area contributed by atoms with Gasteiger partial charge in [-0.3, -0.25) is 4.79 Å². The summed E-state index contributed by atoms with van der Waals surface area (Å²) in [6, 6.07) is 4.99. The van der Waals surface area contributed by atoms with E-state index in [0.29, 0.717) is 12.8 Å². The van der Waals surface area contributed by atoms with Gasteiger partial charge in [-0.1, -0.05) is 12.1 Å². The number of hydrogen-bond acceptors (Lipinski definition) is 3. The molecule has 1 saturated heterocycles. The molecule has 0 bridgehead atoms. The zero-order chi connectivity index (χ0) is 17.2. The van der Waals surface area contributed by atoms with E-state index in [2.05, 4.69) is 0 Å². The molecule has 3 atom stereocenters. The zero-order valence-corrected chi connectivity index (χ0v) is 13.3. The number of amides is 2. The molecular weight excluding hydrogens is 301 g/mol. The second-order valence-electron chi connectivity index (χ2n) is 6.24. The van der Waals surface area contributed by atoms with Gasteiger partial charge in [-0.25, -0.2) is 9.18 Å². The van der Waals surface area contributed by atoms with E-state index < -0.39 is 28.2 Å². The van der Waals surface area contributed by atoms with E-state index in [0.717, 1.165) is 6.07 Å². The van der Waals surface area contributed by atoms with Gasteiger partial charge in [0.15, 0.2) is 5.78 Å². The third kappa shape index (κ3) is 3.17. The Morgan fingerprint density at radius 3 is 2.61 bits per heavy atom. The van der Waals surface area contributed by atoms with Crippen LogP contribution in [0.15, 0.2) is 24.3 Å². The number of imide groups is 1. The van der Waals surface area contributed by atoms with Crippen LogP contribution in [-0.2, 0) is 4.79 Å². The number of benzene rings is 1. The third-order valence-corrected chi connectivity index (χ3v) is 4.68. The molecule has 1 fully saturated rings. The van der Waals surface area contributed by atoms with Gasteiger partial charge in [0.2, 0.25) is 0 Å². The second kappa shape index (κ2) is 6.58. The normalized spacial score (nSPS) is 25.1. The quantitative estimate of drug-likeness (QED) is 0.682. The minimum Gasteiger partial charge on any atom is -0.435 e. The van der Waals surface area contributed by atoms with Crippen molar-refractivity contribution in [1.82, 2.24) is 0 Å². The van der Waals surface area contributed by atoms with Gasteiger partial charge in [-0.2, -0.15) is 9.28 Å². The number of hydrogen-bond donors (Lipinski definition) is 1. The van der Waals surface area contributed by atoms with E-state index >= 15 is 0 Å². The van der Waals surface area contributed by atoms with Crippen molar-refractivity contribution in [3.8, 4) is 0 Å². The first-order valence-corrected chi connectivity index (χ1v) is 7.73. The van der Waals surface area contributed by atoms with Gasteiger partial charge < -0.3 is 5.11 Å². The number of carbonyl (C=O) groups is 3. The van der Waals surface area contributed by atoms with Crippen LogP contribution >= 0.6 is 0 Å². The largest absolute Gasteiger partial charge is 0.521 e. The fourth-order valence-corrected chi connectivity index (χ4v) is 3.32. The number of nitrogens with zero attached hydrogens (tertiary/aromatic N) is 1. The summed E-state index contributed by atoms with van der Waals surface area (Å²) in [6.07, 6.45) is 0.0549. The molecule has 0 saturated carbocycles. The molecule has 1 heterocycles. The number of halogens is 1. The highest BCUT2D eigenvalue weighted by Crippen LogP contribution is 2.31. The molecule has 2 amide bonds. The molecule has 0 aliphatic carbocycles. The minimum atomic E-state index is -1.16. The second-order valence-corrected chi connectivity index (χ2v) is 6.24. The lowest BCUT2D eigenvalue weighted by Crippen LogP contribution is -2.60. The van der Waals surface area contributed by atoms with E-state index in [4.69, 9.17) is 0 Å². The van der Waals surface area contributed by atoms with Crippen LogP contribution in [0.1, 0.15) is 43.5 Å². The van der Waals surface area contributed by atoms with E-state index in [1.54, 1.807) is 13.8 Å². The highest BCUT2D eigenvalue weighted by Gasteiger charge is 2.54. The van der Waals surface area contributed by atoms with E-state index in [9.17, 15) is 23.9 Å². The van der Waals surface area contributed by atoms with E-state index in [1.807, 2.05) is 0 Å². The van der Waals surface area contributed by atoms with Gasteiger partial charge in [0.25, 0.3) is 0 Å². The third-order valence-electron chi connectivity index (χ3n) is 4.68. The number of Topliss-reactive ketones (excluding diaryl/α,β-unsaturated/α-hetero) is 1. The predicted molar refractivity (Wildman–Crippen MR) is 81.4 cm³/mol. The Hall–Kier alpha value is -2.08. The predicted octanol–water partition coefficient (Wildman–Crippen LogP) is 3.24. The van der Waals surface area contributed by atoms with Crippen LogP contribution in [-0.4, -0.2) is 40.0 Å². The highest BCUT2D eigenvalue weighted by atomic mass is 19.1. The molecule has 2 rings (SSSR count). The van der Waals surface area contributed by atoms with Crippen molar-refractivity contribution in [3.05, 3.63) is 35.6 Å². The molecule has 1 aromatic carbocycles. The van der Waals surface area contributed by atoms with Crippen molar-refractivity contribution in [2.45, 2.75) is 39.2 Å². The Labute approximate surface area is 134 Å². The molecule has 1 N–H and O–H groups in total. The fraction of sp³-hybridized carbons (Fsp3) is 0.471. The summed E-state index contributed by atoms with van der Waals surface area (Å²) >= 11 is 0. The van der Waals surface area contributed by atoms with Crippen molar-refractivity contribution < 1.29 is 28.4 Å². The summed E-state index contributed by atoms with van der Waals surface area (Å²) < 4.78 is 12.6. The van der Waals surface area contributed by atoms with Gasteiger partial charge in [0.1, 0.15) is 11.9 Å². The van der Waals surface area contributed by atoms with Crippen LogP contribution in [0.2, 0.25) is 0 Å². The number of rotatable bonds is 4. The maximum atomic E-state index is 13.2. The Bertz CT molecular complexity index is 645. The topological polar surface area (TPSA) is 71.4 Å². The van der Waals surface area contributed by atoms with Crippen LogP contribution in [0.5, 0.6) is 0 Å². The number of ketones is 1. The van der Waals surface area contributed by atoms with Gasteiger partial charge in [-0.15, -0.1) is 0 Å². The van der Waals surface area contributed by atoms with Crippen LogP contribution < -0.4 is 0 Å². The first kappa shape index (κ1) is 17.3. The summed E-state index contributed by atoms with van der Waals surface area (Å²) in [5.41, 5.74) is 0.195. The Morgan fingerprint density at radius 2 is 2.09 bits per heavy atom. The van der Waals surface area contributed by atoms with Gasteiger partial charge >= 0.3 is 12.0 Å². The molecular formula is C17H21FNO4+. The lowest BCUT2D eigenvalue weighted by Gasteiger charge is -2.31. The molecule has 1 aromatic rings. The summed E-state index contributed by atoms with van der Waals surface area (Å²) in [7, 11) is 0. The SMILES string of the molecule is CC(CC(=O)c1cccc(F)c1)C(=O)[N@+]1(C(=O)O)CCCC1C. The zero-order valence-electron chi connectivity index (χ0n) is 13.3. The van der Waals surface area contributed by atoms with Crippen molar-refractivity contribution in [2.24, 2.45) is 5.92 Å².